The molecule has 0 aliphatic heterocycles. The van der Waals surface area contributed by atoms with Gasteiger partial charge in [-0.3, -0.25) is 0 Å². The maximum atomic E-state index is 11.8. The largest absolute Gasteiger partial charge is 0.444 e. The Labute approximate surface area is 137 Å². The molecule has 0 saturated carbocycles. The Morgan fingerprint density at radius 2 is 1.50 bits per heavy atom. The molecule has 0 saturated heterocycles. The third kappa shape index (κ3) is 11.8. The van der Waals surface area contributed by atoms with Crippen LogP contribution in [-0.2, 0) is 4.74 Å². The summed E-state index contributed by atoms with van der Waals surface area (Å²) in [6.07, 6.45) is 2.99. The van der Waals surface area contributed by atoms with Gasteiger partial charge in [0.2, 0.25) is 0 Å². The summed E-state index contributed by atoms with van der Waals surface area (Å²) < 4.78 is 5.29. The van der Waals surface area contributed by atoms with Gasteiger partial charge in [0.25, 0.3) is 0 Å². The van der Waals surface area contributed by atoms with E-state index in [1.165, 1.54) is 12.8 Å². The normalized spacial score (nSPS) is 13.8. The van der Waals surface area contributed by atoms with E-state index in [4.69, 9.17) is 4.74 Å². The van der Waals surface area contributed by atoms with Gasteiger partial charge >= 0.3 is 6.09 Å². The molecule has 0 heterocycles. The Morgan fingerprint density at radius 1 is 1.00 bits per heavy atom. The van der Waals surface area contributed by atoms with Crippen molar-refractivity contribution in [2.45, 2.75) is 92.3 Å². The van der Waals surface area contributed by atoms with Crippen LogP contribution in [0.15, 0.2) is 0 Å². The fourth-order valence-corrected chi connectivity index (χ4v) is 2.55. The van der Waals surface area contributed by atoms with Crippen molar-refractivity contribution in [2.75, 3.05) is 6.54 Å². The van der Waals surface area contributed by atoms with Crippen LogP contribution in [0.5, 0.6) is 0 Å². The fraction of sp³-hybridized carbons (Fsp3) is 0.944. The average molecular weight is 315 g/mol. The highest BCUT2D eigenvalue weighted by molar-refractivity contribution is 5.67. The minimum absolute atomic E-state index is 0.287. The molecule has 1 amide bonds. The lowest BCUT2D eigenvalue weighted by atomic mass is 9.94. The number of rotatable bonds is 9. The summed E-state index contributed by atoms with van der Waals surface area (Å²) in [6, 6.07) is 0.792. The standard InChI is InChI=1S/C18H38N2O2/c1-9-15(12-19-17(21)22-18(6,7)8)20-16(10-13(2)3)11-14(4)5/h13-16,20H,9-12H2,1-8H3,(H,19,21). The summed E-state index contributed by atoms with van der Waals surface area (Å²) in [7, 11) is 0. The number of carbonyl (C=O) groups excluding carboxylic acids is 1. The lowest BCUT2D eigenvalue weighted by molar-refractivity contribution is 0.0520. The van der Waals surface area contributed by atoms with E-state index in [0.29, 0.717) is 24.4 Å². The summed E-state index contributed by atoms with van der Waals surface area (Å²) >= 11 is 0. The van der Waals surface area contributed by atoms with E-state index >= 15 is 0 Å². The molecule has 0 aromatic carbocycles. The van der Waals surface area contributed by atoms with Gasteiger partial charge in [-0.2, -0.15) is 0 Å². The van der Waals surface area contributed by atoms with E-state index in [0.717, 1.165) is 6.42 Å². The quantitative estimate of drug-likeness (QED) is 0.665. The molecule has 1 atom stereocenters. The van der Waals surface area contributed by atoms with E-state index in [1.807, 2.05) is 20.8 Å². The van der Waals surface area contributed by atoms with Crippen molar-refractivity contribution < 1.29 is 9.53 Å². The molecule has 22 heavy (non-hydrogen) atoms. The zero-order valence-electron chi connectivity index (χ0n) is 16.0. The summed E-state index contributed by atoms with van der Waals surface area (Å²) in [5.41, 5.74) is -0.447. The van der Waals surface area contributed by atoms with Gasteiger partial charge in [0.05, 0.1) is 0 Å². The zero-order chi connectivity index (χ0) is 17.3. The predicted octanol–water partition coefficient (Wildman–Crippen LogP) is 4.34. The summed E-state index contributed by atoms with van der Waals surface area (Å²) in [4.78, 5) is 11.8. The van der Waals surface area contributed by atoms with Gasteiger partial charge in [0.15, 0.2) is 0 Å². The first-order valence-corrected chi connectivity index (χ1v) is 8.76. The van der Waals surface area contributed by atoms with Crippen molar-refractivity contribution >= 4 is 6.09 Å². The van der Waals surface area contributed by atoms with E-state index in [2.05, 4.69) is 45.3 Å². The van der Waals surface area contributed by atoms with Crippen LogP contribution in [0.1, 0.15) is 74.7 Å². The third-order valence-corrected chi connectivity index (χ3v) is 3.37. The van der Waals surface area contributed by atoms with Crippen molar-refractivity contribution in [3.8, 4) is 0 Å². The first kappa shape index (κ1) is 21.2. The molecule has 0 radical (unpaired) electrons. The number of nitrogens with one attached hydrogen (secondary N) is 2. The van der Waals surface area contributed by atoms with Gasteiger partial charge in [0.1, 0.15) is 5.60 Å². The fourth-order valence-electron chi connectivity index (χ4n) is 2.55. The van der Waals surface area contributed by atoms with Crippen molar-refractivity contribution in [3.63, 3.8) is 0 Å². The van der Waals surface area contributed by atoms with Crippen LogP contribution < -0.4 is 10.6 Å². The molecule has 0 bridgehead atoms. The lowest BCUT2D eigenvalue weighted by Gasteiger charge is -2.28. The number of hydrogen-bond acceptors (Lipinski definition) is 3. The van der Waals surface area contributed by atoms with Crippen LogP contribution in [0.3, 0.4) is 0 Å². The van der Waals surface area contributed by atoms with Gasteiger partial charge in [-0.15, -0.1) is 0 Å². The van der Waals surface area contributed by atoms with Crippen LogP contribution in [-0.4, -0.2) is 30.3 Å². The number of alkyl carbamates (subject to hydrolysis) is 1. The average Bonchev–Trinajstić information content (AvgIpc) is 2.30. The molecule has 2 N–H and O–H groups in total. The van der Waals surface area contributed by atoms with Gasteiger partial charge in [0, 0.05) is 18.6 Å². The maximum Gasteiger partial charge on any atom is 0.407 e. The van der Waals surface area contributed by atoms with Gasteiger partial charge in [-0.25, -0.2) is 4.79 Å². The van der Waals surface area contributed by atoms with E-state index < -0.39 is 5.60 Å². The van der Waals surface area contributed by atoms with Crippen molar-refractivity contribution in [2.24, 2.45) is 11.8 Å². The minimum Gasteiger partial charge on any atom is -0.444 e. The lowest BCUT2D eigenvalue weighted by Crippen LogP contribution is -2.47. The summed E-state index contributed by atoms with van der Waals surface area (Å²) in [5, 5.41) is 6.59. The van der Waals surface area contributed by atoms with E-state index in [9.17, 15) is 4.79 Å². The second-order valence-electron chi connectivity index (χ2n) is 8.11. The van der Waals surface area contributed by atoms with Crippen LogP contribution in [0.2, 0.25) is 0 Å². The minimum atomic E-state index is -0.447. The molecule has 0 aromatic rings. The number of hydrogen-bond donors (Lipinski definition) is 2. The Kier molecular flexibility index (Phi) is 9.74. The highest BCUT2D eigenvalue weighted by atomic mass is 16.6. The van der Waals surface area contributed by atoms with Gasteiger partial charge in [-0.1, -0.05) is 34.6 Å². The summed E-state index contributed by atoms with van der Waals surface area (Å²) in [5.74, 6) is 1.35. The Balaban J connectivity index is 4.38. The van der Waals surface area contributed by atoms with Gasteiger partial charge in [-0.05, 0) is 51.9 Å². The van der Waals surface area contributed by atoms with Crippen LogP contribution in [0, 0.1) is 11.8 Å². The molecule has 1 unspecified atom stereocenters. The number of ether oxygens (including phenoxy) is 1. The Morgan fingerprint density at radius 3 is 1.86 bits per heavy atom. The van der Waals surface area contributed by atoms with Crippen LogP contribution >= 0.6 is 0 Å². The molecule has 0 aliphatic rings. The number of amides is 1. The Bertz CT molecular complexity index is 299. The smallest absolute Gasteiger partial charge is 0.407 e. The first-order chi connectivity index (χ1) is 10.0. The Hall–Kier alpha value is -0.770. The number of carbonyl (C=O) groups is 1. The molecule has 0 aromatic heterocycles. The molecular weight excluding hydrogens is 276 g/mol. The van der Waals surface area contributed by atoms with Crippen molar-refractivity contribution in [1.82, 2.24) is 10.6 Å². The molecule has 4 heteroatoms. The monoisotopic (exact) mass is 314 g/mol. The van der Waals surface area contributed by atoms with Crippen LogP contribution in [0.25, 0.3) is 0 Å². The van der Waals surface area contributed by atoms with E-state index in [1.54, 1.807) is 0 Å². The van der Waals surface area contributed by atoms with Gasteiger partial charge < -0.3 is 15.4 Å². The highest BCUT2D eigenvalue weighted by Crippen LogP contribution is 2.14. The summed E-state index contributed by atoms with van der Waals surface area (Å²) in [6.45, 7) is 17.4. The van der Waals surface area contributed by atoms with E-state index in [-0.39, 0.29) is 12.1 Å². The second kappa shape index (κ2) is 10.1. The van der Waals surface area contributed by atoms with Crippen molar-refractivity contribution in [1.29, 1.82) is 0 Å². The second-order valence-corrected chi connectivity index (χ2v) is 8.11. The molecule has 4 nitrogen and oxygen atoms in total. The SMILES string of the molecule is CCC(CNC(=O)OC(C)(C)C)NC(CC(C)C)CC(C)C. The van der Waals surface area contributed by atoms with Crippen LogP contribution in [0.4, 0.5) is 4.79 Å². The predicted molar refractivity (Wildman–Crippen MR) is 94.1 cm³/mol. The highest BCUT2D eigenvalue weighted by Gasteiger charge is 2.19. The molecule has 0 aliphatic carbocycles. The molecule has 0 spiro atoms. The van der Waals surface area contributed by atoms with Crippen molar-refractivity contribution in [3.05, 3.63) is 0 Å². The first-order valence-electron chi connectivity index (χ1n) is 8.76. The molecule has 132 valence electrons. The topological polar surface area (TPSA) is 50.4 Å². The third-order valence-electron chi connectivity index (χ3n) is 3.37. The maximum absolute atomic E-state index is 11.8. The molecule has 0 fully saturated rings. The zero-order valence-corrected chi connectivity index (χ0v) is 16.0. The molecular formula is C18H38N2O2. The molecule has 0 rings (SSSR count).